The van der Waals surface area contributed by atoms with Crippen molar-refractivity contribution in [1.29, 1.82) is 0 Å². The lowest BCUT2D eigenvalue weighted by Gasteiger charge is -2.30. The predicted molar refractivity (Wildman–Crippen MR) is 63.5 cm³/mol. The van der Waals surface area contributed by atoms with E-state index in [0.29, 0.717) is 0 Å². The van der Waals surface area contributed by atoms with E-state index in [1.165, 1.54) is 11.5 Å². The molecule has 6 nitrogen and oxygen atoms in total. The molecule has 2 heterocycles. The van der Waals surface area contributed by atoms with Crippen molar-refractivity contribution in [1.82, 2.24) is 14.5 Å². The summed E-state index contributed by atoms with van der Waals surface area (Å²) in [6.45, 7) is 3.28. The van der Waals surface area contributed by atoms with Crippen LogP contribution < -0.4 is 11.2 Å². The van der Waals surface area contributed by atoms with Crippen molar-refractivity contribution in [2.24, 2.45) is 0 Å². The predicted octanol–water partition coefficient (Wildman–Crippen LogP) is -0.183. The highest BCUT2D eigenvalue weighted by Crippen LogP contribution is 2.24. The Labute approximate surface area is 98.5 Å². The van der Waals surface area contributed by atoms with Gasteiger partial charge in [-0.15, -0.1) is 0 Å². The van der Waals surface area contributed by atoms with E-state index in [1.54, 1.807) is 0 Å². The van der Waals surface area contributed by atoms with Crippen molar-refractivity contribution in [2.45, 2.75) is 25.8 Å². The van der Waals surface area contributed by atoms with Crippen LogP contribution in [0, 0.1) is 6.92 Å². The standard InChI is InChI=1S/C11H17N3O3/c1-7-9(15)12-11(17)14(10(7)16)8-3-5-13(2)6-4-8/h8,16H,3-6H2,1-2H3,(H,12,15,17). The molecule has 6 heteroatoms. The Bertz CT molecular complexity index is 524. The molecule has 0 amide bonds. The lowest BCUT2D eigenvalue weighted by atomic mass is 10.1. The van der Waals surface area contributed by atoms with E-state index in [-0.39, 0.29) is 17.5 Å². The number of H-pyrrole nitrogens is 1. The van der Waals surface area contributed by atoms with Crippen molar-refractivity contribution in [3.63, 3.8) is 0 Å². The zero-order valence-electron chi connectivity index (χ0n) is 10.1. The van der Waals surface area contributed by atoms with Gasteiger partial charge in [0.15, 0.2) is 0 Å². The largest absolute Gasteiger partial charge is 0.494 e. The van der Waals surface area contributed by atoms with Crippen molar-refractivity contribution >= 4 is 0 Å². The molecular weight excluding hydrogens is 222 g/mol. The van der Waals surface area contributed by atoms with Crippen molar-refractivity contribution in [2.75, 3.05) is 20.1 Å². The maximum Gasteiger partial charge on any atom is 0.331 e. The van der Waals surface area contributed by atoms with E-state index in [2.05, 4.69) is 9.88 Å². The molecule has 0 saturated carbocycles. The summed E-state index contributed by atoms with van der Waals surface area (Å²) < 4.78 is 1.31. The maximum absolute atomic E-state index is 11.7. The molecule has 0 radical (unpaired) electrons. The third-order valence-corrected chi connectivity index (χ3v) is 3.40. The van der Waals surface area contributed by atoms with Crippen LogP contribution in [0.1, 0.15) is 24.4 Å². The molecule has 1 aromatic rings. The third kappa shape index (κ3) is 2.12. The van der Waals surface area contributed by atoms with Crippen LogP contribution in [0.15, 0.2) is 9.59 Å². The summed E-state index contributed by atoms with van der Waals surface area (Å²) >= 11 is 0. The highest BCUT2D eigenvalue weighted by Gasteiger charge is 2.23. The molecule has 94 valence electrons. The number of aromatic hydroxyl groups is 1. The summed E-state index contributed by atoms with van der Waals surface area (Å²) in [7, 11) is 2.02. The second-order valence-electron chi connectivity index (χ2n) is 4.61. The summed E-state index contributed by atoms with van der Waals surface area (Å²) in [5.74, 6) is -0.201. The van der Waals surface area contributed by atoms with Crippen LogP contribution in [0.2, 0.25) is 0 Å². The van der Waals surface area contributed by atoms with E-state index in [1.807, 2.05) is 7.05 Å². The van der Waals surface area contributed by atoms with E-state index in [4.69, 9.17) is 0 Å². The molecule has 0 aromatic carbocycles. The number of nitrogens with one attached hydrogen (secondary N) is 1. The lowest BCUT2D eigenvalue weighted by Crippen LogP contribution is -2.38. The van der Waals surface area contributed by atoms with E-state index in [9.17, 15) is 14.7 Å². The van der Waals surface area contributed by atoms with Gasteiger partial charge in [-0.05, 0) is 39.9 Å². The second kappa shape index (κ2) is 4.37. The minimum atomic E-state index is -0.521. The van der Waals surface area contributed by atoms with Gasteiger partial charge in [0.2, 0.25) is 5.88 Å². The van der Waals surface area contributed by atoms with Gasteiger partial charge in [0.25, 0.3) is 5.56 Å². The number of aromatic nitrogens is 2. The third-order valence-electron chi connectivity index (χ3n) is 3.40. The summed E-state index contributed by atoms with van der Waals surface area (Å²) in [4.78, 5) is 27.5. The number of hydrogen-bond acceptors (Lipinski definition) is 4. The maximum atomic E-state index is 11.7. The Hall–Kier alpha value is -1.56. The Morgan fingerprint density at radius 2 is 1.88 bits per heavy atom. The smallest absolute Gasteiger partial charge is 0.331 e. The molecule has 0 spiro atoms. The Morgan fingerprint density at radius 3 is 2.47 bits per heavy atom. The normalized spacial score (nSPS) is 18.5. The Kier molecular flexibility index (Phi) is 3.06. The fourth-order valence-electron chi connectivity index (χ4n) is 2.22. The second-order valence-corrected chi connectivity index (χ2v) is 4.61. The number of hydrogen-bond donors (Lipinski definition) is 2. The molecule has 2 rings (SSSR count). The zero-order valence-corrected chi connectivity index (χ0v) is 10.1. The zero-order chi connectivity index (χ0) is 12.6. The first-order valence-corrected chi connectivity index (χ1v) is 5.73. The van der Waals surface area contributed by atoms with Crippen molar-refractivity contribution in [3.05, 3.63) is 26.4 Å². The molecule has 0 unspecified atom stereocenters. The molecule has 1 aliphatic rings. The highest BCUT2D eigenvalue weighted by atomic mass is 16.3. The molecule has 1 saturated heterocycles. The number of aromatic amines is 1. The molecule has 1 aromatic heterocycles. The fraction of sp³-hybridized carbons (Fsp3) is 0.636. The number of nitrogens with zero attached hydrogens (tertiary/aromatic N) is 2. The van der Waals surface area contributed by atoms with Gasteiger partial charge in [-0.25, -0.2) is 4.79 Å². The van der Waals surface area contributed by atoms with E-state index in [0.717, 1.165) is 25.9 Å². The molecule has 1 aliphatic heterocycles. The summed E-state index contributed by atoms with van der Waals surface area (Å²) in [6.07, 6.45) is 1.60. The number of likely N-dealkylation sites (tertiary alicyclic amines) is 1. The molecular formula is C11H17N3O3. The average Bonchev–Trinajstić information content (AvgIpc) is 2.29. The van der Waals surface area contributed by atoms with Crippen LogP contribution in [0.4, 0.5) is 0 Å². The van der Waals surface area contributed by atoms with Crippen molar-refractivity contribution < 1.29 is 5.11 Å². The van der Waals surface area contributed by atoms with Crippen LogP contribution in [-0.2, 0) is 0 Å². The van der Waals surface area contributed by atoms with Crippen LogP contribution in [0.3, 0.4) is 0 Å². The molecule has 2 N–H and O–H groups in total. The van der Waals surface area contributed by atoms with Crippen LogP contribution in [0.5, 0.6) is 5.88 Å². The van der Waals surface area contributed by atoms with Gasteiger partial charge in [0.05, 0.1) is 5.56 Å². The first-order chi connectivity index (χ1) is 8.00. The average molecular weight is 239 g/mol. The van der Waals surface area contributed by atoms with Gasteiger partial charge in [0.1, 0.15) is 0 Å². The van der Waals surface area contributed by atoms with Crippen LogP contribution in [-0.4, -0.2) is 39.7 Å². The SMILES string of the molecule is Cc1c(O)n(C2CCN(C)CC2)c(=O)[nH]c1=O. The Balaban J connectivity index is 2.42. The van der Waals surface area contributed by atoms with Crippen molar-refractivity contribution in [3.8, 4) is 5.88 Å². The first kappa shape index (κ1) is 11.9. The Morgan fingerprint density at radius 1 is 1.29 bits per heavy atom. The number of piperidine rings is 1. The first-order valence-electron chi connectivity index (χ1n) is 5.73. The summed E-state index contributed by atoms with van der Waals surface area (Å²) in [6, 6.07) is -0.0331. The van der Waals surface area contributed by atoms with Gasteiger partial charge >= 0.3 is 5.69 Å². The molecule has 17 heavy (non-hydrogen) atoms. The minimum absolute atomic E-state index is 0.0331. The lowest BCUT2D eigenvalue weighted by molar-refractivity contribution is 0.206. The quantitative estimate of drug-likeness (QED) is 0.712. The van der Waals surface area contributed by atoms with Gasteiger partial charge < -0.3 is 10.0 Å². The minimum Gasteiger partial charge on any atom is -0.494 e. The summed E-state index contributed by atoms with van der Waals surface area (Å²) in [5, 5.41) is 9.91. The van der Waals surface area contributed by atoms with Gasteiger partial charge in [0, 0.05) is 6.04 Å². The molecule has 1 fully saturated rings. The van der Waals surface area contributed by atoms with Gasteiger partial charge in [-0.1, -0.05) is 0 Å². The van der Waals surface area contributed by atoms with E-state index < -0.39 is 11.2 Å². The van der Waals surface area contributed by atoms with Gasteiger partial charge in [-0.2, -0.15) is 0 Å². The molecule has 0 atom stereocenters. The number of rotatable bonds is 1. The fourth-order valence-corrected chi connectivity index (χ4v) is 2.22. The topological polar surface area (TPSA) is 78.3 Å². The molecule has 0 aliphatic carbocycles. The highest BCUT2D eigenvalue weighted by molar-refractivity contribution is 5.21. The monoisotopic (exact) mass is 239 g/mol. The van der Waals surface area contributed by atoms with Gasteiger partial charge in [-0.3, -0.25) is 14.3 Å². The summed E-state index contributed by atoms with van der Waals surface area (Å²) in [5.41, 5.74) is -0.840. The van der Waals surface area contributed by atoms with Crippen LogP contribution >= 0.6 is 0 Å². The van der Waals surface area contributed by atoms with Crippen LogP contribution in [0.25, 0.3) is 0 Å². The van der Waals surface area contributed by atoms with E-state index >= 15 is 0 Å². The molecule has 0 bridgehead atoms.